The molecule has 1 aromatic carbocycles. The van der Waals surface area contributed by atoms with Crippen LogP contribution in [0, 0.1) is 0 Å². The topological polar surface area (TPSA) is 96.9 Å². The maximum absolute atomic E-state index is 12.6. The number of benzene rings is 1. The van der Waals surface area contributed by atoms with Crippen LogP contribution >= 0.6 is 0 Å². The van der Waals surface area contributed by atoms with Crippen molar-refractivity contribution in [1.29, 1.82) is 0 Å². The highest BCUT2D eigenvalue weighted by molar-refractivity contribution is 5.92. The minimum absolute atomic E-state index is 0.139. The minimum Gasteiger partial charge on any atom is -0.493 e. The molecular formula is C17H21N3O5. The van der Waals surface area contributed by atoms with Gasteiger partial charge in [0, 0.05) is 6.54 Å². The molecule has 134 valence electrons. The Labute approximate surface area is 145 Å². The largest absolute Gasteiger partial charge is 0.493 e. The predicted octanol–water partition coefficient (Wildman–Crippen LogP) is 0.831. The number of carbonyl (C=O) groups excluding carboxylic acids is 1. The highest BCUT2D eigenvalue weighted by atomic mass is 16.5. The van der Waals surface area contributed by atoms with Crippen LogP contribution in [0.3, 0.4) is 0 Å². The third kappa shape index (κ3) is 3.92. The van der Waals surface area contributed by atoms with Crippen LogP contribution in [-0.2, 0) is 11.3 Å². The number of morpholine rings is 1. The Hall–Kier alpha value is -2.58. The van der Waals surface area contributed by atoms with Gasteiger partial charge in [-0.15, -0.1) is 0 Å². The second-order valence-electron chi connectivity index (χ2n) is 5.63. The van der Waals surface area contributed by atoms with E-state index in [9.17, 15) is 9.90 Å². The first-order chi connectivity index (χ1) is 12.2. The third-order valence-corrected chi connectivity index (χ3v) is 4.00. The standard InChI is InChI=1S/C17H21N3O5/c1-23-15-4-2-3-5-16(15)25-10-12-8-14(19-18-12)17(22)20-6-7-24-11-13(20)9-21/h2-5,8,13,21H,6-7,9-11H2,1H3,(H,18,19). The Balaban J connectivity index is 1.64. The molecule has 1 aliphatic heterocycles. The second-order valence-corrected chi connectivity index (χ2v) is 5.63. The zero-order valence-corrected chi connectivity index (χ0v) is 14.0. The lowest BCUT2D eigenvalue weighted by Gasteiger charge is -2.33. The van der Waals surface area contributed by atoms with Gasteiger partial charge in [-0.2, -0.15) is 5.10 Å². The quantitative estimate of drug-likeness (QED) is 0.803. The van der Waals surface area contributed by atoms with Crippen LogP contribution in [0.1, 0.15) is 16.2 Å². The maximum Gasteiger partial charge on any atom is 0.274 e. The molecule has 2 N–H and O–H groups in total. The smallest absolute Gasteiger partial charge is 0.274 e. The van der Waals surface area contributed by atoms with Gasteiger partial charge in [-0.25, -0.2) is 0 Å². The van der Waals surface area contributed by atoms with Gasteiger partial charge in [-0.3, -0.25) is 9.89 Å². The van der Waals surface area contributed by atoms with Gasteiger partial charge in [-0.05, 0) is 18.2 Å². The summed E-state index contributed by atoms with van der Waals surface area (Å²) in [5.74, 6) is 1.01. The van der Waals surface area contributed by atoms with E-state index in [1.165, 1.54) is 0 Å². The molecule has 1 aromatic heterocycles. The van der Waals surface area contributed by atoms with Gasteiger partial charge < -0.3 is 24.2 Å². The molecule has 2 aromatic rings. The number of hydrogen-bond donors (Lipinski definition) is 2. The summed E-state index contributed by atoms with van der Waals surface area (Å²) in [7, 11) is 1.58. The molecule has 2 heterocycles. The number of nitrogens with zero attached hydrogens (tertiary/aromatic N) is 2. The molecule has 8 heteroatoms. The first kappa shape index (κ1) is 17.2. The monoisotopic (exact) mass is 347 g/mol. The summed E-state index contributed by atoms with van der Waals surface area (Å²) in [6.07, 6.45) is 0. The number of aliphatic hydroxyl groups excluding tert-OH is 1. The average molecular weight is 347 g/mol. The molecule has 25 heavy (non-hydrogen) atoms. The van der Waals surface area contributed by atoms with E-state index < -0.39 is 0 Å². The molecule has 1 aliphatic rings. The van der Waals surface area contributed by atoms with E-state index in [2.05, 4.69) is 10.2 Å². The average Bonchev–Trinajstić information content (AvgIpc) is 3.15. The van der Waals surface area contributed by atoms with Crippen LogP contribution < -0.4 is 9.47 Å². The fourth-order valence-electron chi connectivity index (χ4n) is 2.66. The molecule has 0 aliphatic carbocycles. The van der Waals surface area contributed by atoms with Crippen molar-refractivity contribution >= 4 is 5.91 Å². The summed E-state index contributed by atoms with van der Waals surface area (Å²) in [6.45, 7) is 1.31. The predicted molar refractivity (Wildman–Crippen MR) is 88.6 cm³/mol. The Morgan fingerprint density at radius 3 is 3.00 bits per heavy atom. The van der Waals surface area contributed by atoms with Crippen molar-refractivity contribution in [3.63, 3.8) is 0 Å². The van der Waals surface area contributed by atoms with E-state index >= 15 is 0 Å². The molecule has 1 saturated heterocycles. The van der Waals surface area contributed by atoms with Crippen molar-refractivity contribution in [3.05, 3.63) is 41.7 Å². The van der Waals surface area contributed by atoms with Crippen LogP contribution in [0.2, 0.25) is 0 Å². The molecule has 0 saturated carbocycles. The number of amides is 1. The molecule has 0 spiro atoms. The van der Waals surface area contributed by atoms with Crippen molar-refractivity contribution in [1.82, 2.24) is 15.1 Å². The Kier molecular flexibility index (Phi) is 5.52. The van der Waals surface area contributed by atoms with Gasteiger partial charge >= 0.3 is 0 Å². The normalized spacial score (nSPS) is 17.4. The van der Waals surface area contributed by atoms with Crippen molar-refractivity contribution in [2.24, 2.45) is 0 Å². The van der Waals surface area contributed by atoms with E-state index in [-0.39, 0.29) is 25.2 Å². The van der Waals surface area contributed by atoms with E-state index in [1.807, 2.05) is 18.2 Å². The van der Waals surface area contributed by atoms with Crippen molar-refractivity contribution in [2.75, 3.05) is 33.5 Å². The molecular weight excluding hydrogens is 326 g/mol. The second kappa shape index (κ2) is 8.00. The highest BCUT2D eigenvalue weighted by Gasteiger charge is 2.28. The first-order valence-electron chi connectivity index (χ1n) is 8.02. The van der Waals surface area contributed by atoms with E-state index in [4.69, 9.17) is 14.2 Å². The van der Waals surface area contributed by atoms with Crippen LogP contribution in [0.4, 0.5) is 0 Å². The molecule has 0 radical (unpaired) electrons. The zero-order chi connectivity index (χ0) is 17.6. The van der Waals surface area contributed by atoms with Gasteiger partial charge in [-0.1, -0.05) is 12.1 Å². The Morgan fingerprint density at radius 1 is 1.44 bits per heavy atom. The number of ether oxygens (including phenoxy) is 3. The lowest BCUT2D eigenvalue weighted by Crippen LogP contribution is -2.50. The van der Waals surface area contributed by atoms with Crippen LogP contribution in [0.25, 0.3) is 0 Å². The van der Waals surface area contributed by atoms with Crippen LogP contribution in [-0.4, -0.2) is 65.6 Å². The lowest BCUT2D eigenvalue weighted by atomic mass is 10.2. The highest BCUT2D eigenvalue weighted by Crippen LogP contribution is 2.26. The molecule has 1 atom stereocenters. The van der Waals surface area contributed by atoms with Gasteiger partial charge in [0.1, 0.15) is 6.61 Å². The van der Waals surface area contributed by atoms with Crippen molar-refractivity contribution < 1.29 is 24.1 Å². The third-order valence-electron chi connectivity index (χ3n) is 4.00. The summed E-state index contributed by atoms with van der Waals surface area (Å²) >= 11 is 0. The number of aliphatic hydroxyl groups is 1. The number of aromatic amines is 1. The van der Waals surface area contributed by atoms with Crippen LogP contribution in [0.5, 0.6) is 11.5 Å². The van der Waals surface area contributed by atoms with E-state index in [0.29, 0.717) is 42.6 Å². The number of nitrogens with one attached hydrogen (secondary N) is 1. The fraction of sp³-hybridized carbons (Fsp3) is 0.412. The number of para-hydroxylation sites is 2. The minimum atomic E-state index is -0.341. The molecule has 3 rings (SSSR count). The summed E-state index contributed by atoms with van der Waals surface area (Å²) in [4.78, 5) is 14.2. The fourth-order valence-corrected chi connectivity index (χ4v) is 2.66. The summed E-state index contributed by atoms with van der Waals surface area (Å²) in [6, 6.07) is 8.64. The zero-order valence-electron chi connectivity index (χ0n) is 14.0. The van der Waals surface area contributed by atoms with Crippen molar-refractivity contribution in [3.8, 4) is 11.5 Å². The molecule has 1 unspecified atom stereocenters. The molecule has 1 fully saturated rings. The molecule has 0 bridgehead atoms. The van der Waals surface area contributed by atoms with Gasteiger partial charge in [0.15, 0.2) is 17.2 Å². The number of aromatic nitrogens is 2. The molecule has 8 nitrogen and oxygen atoms in total. The SMILES string of the molecule is COc1ccccc1OCc1cc(C(=O)N2CCOCC2CO)n[nH]1. The van der Waals surface area contributed by atoms with E-state index in [1.54, 1.807) is 24.1 Å². The number of carbonyl (C=O) groups is 1. The van der Waals surface area contributed by atoms with Gasteiger partial charge in [0.25, 0.3) is 5.91 Å². The molecule has 1 amide bonds. The summed E-state index contributed by atoms with van der Waals surface area (Å²) in [5.41, 5.74) is 0.960. The number of hydrogen-bond acceptors (Lipinski definition) is 6. The number of rotatable bonds is 6. The Bertz CT molecular complexity index is 718. The van der Waals surface area contributed by atoms with Crippen LogP contribution in [0.15, 0.2) is 30.3 Å². The number of H-pyrrole nitrogens is 1. The van der Waals surface area contributed by atoms with Crippen molar-refractivity contribution in [2.45, 2.75) is 12.6 Å². The summed E-state index contributed by atoms with van der Waals surface area (Å²) < 4.78 is 16.2. The van der Waals surface area contributed by atoms with E-state index in [0.717, 1.165) is 0 Å². The van der Waals surface area contributed by atoms with Gasteiger partial charge in [0.2, 0.25) is 0 Å². The van der Waals surface area contributed by atoms with Gasteiger partial charge in [0.05, 0.1) is 38.7 Å². The lowest BCUT2D eigenvalue weighted by molar-refractivity contribution is -0.0186. The first-order valence-corrected chi connectivity index (χ1v) is 8.02. The summed E-state index contributed by atoms with van der Waals surface area (Å²) in [5, 5.41) is 16.3. The Morgan fingerprint density at radius 2 is 2.24 bits per heavy atom. The number of methoxy groups -OCH3 is 1. The maximum atomic E-state index is 12.6.